The third-order valence-corrected chi connectivity index (χ3v) is 4.84. The van der Waals surface area contributed by atoms with Crippen molar-refractivity contribution in [3.05, 3.63) is 21.3 Å². The fraction of sp³-hybridized carbons (Fsp3) is 0.571. The number of nitrogens with zero attached hydrogens (tertiary/aromatic N) is 1. The van der Waals surface area contributed by atoms with Gasteiger partial charge >= 0.3 is 6.03 Å². The highest BCUT2D eigenvalue weighted by molar-refractivity contribution is 7.16. The fourth-order valence-electron chi connectivity index (χ4n) is 2.29. The number of carbonyl (C=O) groups is 2. The number of nitrogens with one attached hydrogen (secondary N) is 2. The van der Waals surface area contributed by atoms with Gasteiger partial charge in [-0.1, -0.05) is 11.6 Å². The van der Waals surface area contributed by atoms with Crippen LogP contribution in [0, 0.1) is 0 Å². The largest absolute Gasteiger partial charge is 0.343 e. The molecular weight excluding hydrogens is 310 g/mol. The minimum atomic E-state index is -0.195. The molecule has 0 radical (unpaired) electrons. The summed E-state index contributed by atoms with van der Waals surface area (Å²) in [6.45, 7) is 4.05. The van der Waals surface area contributed by atoms with Crippen molar-refractivity contribution in [1.29, 1.82) is 0 Å². The molecule has 2 rings (SSSR count). The number of rotatable bonds is 6. The van der Waals surface area contributed by atoms with E-state index >= 15 is 0 Å². The Labute approximate surface area is 133 Å². The number of urea groups is 1. The van der Waals surface area contributed by atoms with Crippen LogP contribution in [0.3, 0.4) is 0 Å². The summed E-state index contributed by atoms with van der Waals surface area (Å²) in [6, 6.07) is 3.48. The van der Waals surface area contributed by atoms with Crippen molar-refractivity contribution in [2.45, 2.75) is 32.2 Å². The van der Waals surface area contributed by atoms with Gasteiger partial charge in [0.2, 0.25) is 5.91 Å². The van der Waals surface area contributed by atoms with Gasteiger partial charge in [-0.05, 0) is 31.9 Å². The second-order valence-corrected chi connectivity index (χ2v) is 6.85. The molecule has 7 heteroatoms. The minimum absolute atomic E-state index is 0.0670. The Morgan fingerprint density at radius 3 is 2.95 bits per heavy atom. The average Bonchev–Trinajstić information content (AvgIpc) is 3.04. The van der Waals surface area contributed by atoms with Gasteiger partial charge in [0, 0.05) is 30.9 Å². The standard InChI is InChI=1S/C14H20ClN3O2S/c1-10(11-5-6-12(15)21-11)17-14(20)16-7-3-9-18-8-2-4-13(18)19/h5-6,10H,2-4,7-9H2,1H3,(H2,16,17,20)/t10-/m1/s1. The topological polar surface area (TPSA) is 61.4 Å². The van der Waals surface area contributed by atoms with Gasteiger partial charge in [-0.3, -0.25) is 4.79 Å². The summed E-state index contributed by atoms with van der Waals surface area (Å²) < 4.78 is 0.717. The molecule has 1 aliphatic heterocycles. The van der Waals surface area contributed by atoms with Crippen LogP contribution < -0.4 is 10.6 Å². The van der Waals surface area contributed by atoms with E-state index in [1.165, 1.54) is 11.3 Å². The van der Waals surface area contributed by atoms with E-state index in [2.05, 4.69) is 10.6 Å². The summed E-state index contributed by atoms with van der Waals surface area (Å²) in [5.74, 6) is 0.225. The highest BCUT2D eigenvalue weighted by Crippen LogP contribution is 2.26. The maximum atomic E-state index is 11.8. The van der Waals surface area contributed by atoms with Gasteiger partial charge in [0.25, 0.3) is 0 Å². The van der Waals surface area contributed by atoms with Crippen molar-refractivity contribution in [2.75, 3.05) is 19.6 Å². The van der Waals surface area contributed by atoms with Gasteiger partial charge in [-0.2, -0.15) is 0 Å². The summed E-state index contributed by atoms with van der Waals surface area (Å²) in [7, 11) is 0. The molecule has 0 unspecified atom stereocenters. The van der Waals surface area contributed by atoms with Gasteiger partial charge < -0.3 is 15.5 Å². The fourth-order valence-corrected chi connectivity index (χ4v) is 3.36. The van der Waals surface area contributed by atoms with Crippen molar-refractivity contribution < 1.29 is 9.59 Å². The molecule has 0 aliphatic carbocycles. The molecule has 2 N–H and O–H groups in total. The predicted octanol–water partition coefficient (Wildman–Crippen LogP) is 2.77. The predicted molar refractivity (Wildman–Crippen MR) is 84.7 cm³/mol. The van der Waals surface area contributed by atoms with Crippen LogP contribution in [0.15, 0.2) is 12.1 Å². The van der Waals surface area contributed by atoms with E-state index in [0.717, 1.165) is 30.8 Å². The lowest BCUT2D eigenvalue weighted by Crippen LogP contribution is -2.38. The highest BCUT2D eigenvalue weighted by Gasteiger charge is 2.19. The number of halogens is 1. The first-order valence-electron chi connectivity index (χ1n) is 7.13. The van der Waals surface area contributed by atoms with E-state index in [0.29, 0.717) is 17.3 Å². The van der Waals surface area contributed by atoms with Crippen molar-refractivity contribution >= 4 is 34.9 Å². The van der Waals surface area contributed by atoms with Crippen LogP contribution in [0.2, 0.25) is 4.34 Å². The number of carbonyl (C=O) groups excluding carboxylic acids is 2. The lowest BCUT2D eigenvalue weighted by Gasteiger charge is -2.16. The normalized spacial score (nSPS) is 16.1. The Bertz CT molecular complexity index is 506. The van der Waals surface area contributed by atoms with Crippen molar-refractivity contribution in [1.82, 2.24) is 15.5 Å². The second-order valence-electron chi connectivity index (χ2n) is 5.10. The molecule has 0 spiro atoms. The Morgan fingerprint density at radius 2 is 2.33 bits per heavy atom. The van der Waals surface area contributed by atoms with E-state index in [9.17, 15) is 9.59 Å². The number of amides is 3. The summed E-state index contributed by atoms with van der Waals surface area (Å²) in [4.78, 5) is 26.1. The molecule has 0 bridgehead atoms. The van der Waals surface area contributed by atoms with E-state index in [4.69, 9.17) is 11.6 Å². The molecule has 5 nitrogen and oxygen atoms in total. The highest BCUT2D eigenvalue weighted by atomic mass is 35.5. The monoisotopic (exact) mass is 329 g/mol. The van der Waals surface area contributed by atoms with Crippen molar-refractivity contribution in [3.8, 4) is 0 Å². The third kappa shape index (κ3) is 4.89. The third-order valence-electron chi connectivity index (χ3n) is 3.43. The lowest BCUT2D eigenvalue weighted by molar-refractivity contribution is -0.127. The smallest absolute Gasteiger partial charge is 0.315 e. The molecule has 116 valence electrons. The molecule has 0 saturated carbocycles. The lowest BCUT2D eigenvalue weighted by atomic mass is 10.3. The molecule has 1 fully saturated rings. The van der Waals surface area contributed by atoms with Crippen LogP contribution in [0.4, 0.5) is 4.79 Å². The van der Waals surface area contributed by atoms with Crippen molar-refractivity contribution in [2.24, 2.45) is 0 Å². The molecule has 3 amide bonds. The first kappa shape index (κ1) is 16.1. The molecular formula is C14H20ClN3O2S. The molecule has 1 aromatic rings. The van der Waals surface area contributed by atoms with Crippen LogP contribution in [-0.2, 0) is 4.79 Å². The SMILES string of the molecule is C[C@@H](NC(=O)NCCCN1CCCC1=O)c1ccc(Cl)s1. The van der Waals surface area contributed by atoms with Crippen LogP contribution in [-0.4, -0.2) is 36.5 Å². The summed E-state index contributed by atoms with van der Waals surface area (Å²) in [5, 5.41) is 5.68. The van der Waals surface area contributed by atoms with Crippen LogP contribution in [0.5, 0.6) is 0 Å². The van der Waals surface area contributed by atoms with Gasteiger partial charge in [0.15, 0.2) is 0 Å². The van der Waals surface area contributed by atoms with Gasteiger partial charge in [0.1, 0.15) is 0 Å². The molecule has 1 atom stereocenters. The maximum absolute atomic E-state index is 11.8. The Morgan fingerprint density at radius 1 is 1.52 bits per heavy atom. The van der Waals surface area contributed by atoms with Crippen LogP contribution in [0.1, 0.15) is 37.1 Å². The van der Waals surface area contributed by atoms with Gasteiger partial charge in [-0.25, -0.2) is 4.79 Å². The van der Waals surface area contributed by atoms with E-state index in [1.807, 2.05) is 24.0 Å². The zero-order chi connectivity index (χ0) is 15.2. The molecule has 1 saturated heterocycles. The zero-order valence-electron chi connectivity index (χ0n) is 12.0. The van der Waals surface area contributed by atoms with Gasteiger partial charge in [-0.15, -0.1) is 11.3 Å². The van der Waals surface area contributed by atoms with Crippen molar-refractivity contribution in [3.63, 3.8) is 0 Å². The van der Waals surface area contributed by atoms with Gasteiger partial charge in [0.05, 0.1) is 10.4 Å². The minimum Gasteiger partial charge on any atom is -0.343 e. The first-order valence-corrected chi connectivity index (χ1v) is 8.33. The quantitative estimate of drug-likeness (QED) is 0.788. The van der Waals surface area contributed by atoms with Crippen LogP contribution in [0.25, 0.3) is 0 Å². The molecule has 0 aromatic carbocycles. The molecule has 1 aliphatic rings. The maximum Gasteiger partial charge on any atom is 0.315 e. The Kier molecular flexibility index (Phi) is 5.87. The number of hydrogen-bond donors (Lipinski definition) is 2. The first-order chi connectivity index (χ1) is 10.1. The number of hydrogen-bond acceptors (Lipinski definition) is 3. The van der Waals surface area contributed by atoms with E-state index < -0.39 is 0 Å². The Hall–Kier alpha value is -1.27. The number of thiophene rings is 1. The molecule has 2 heterocycles. The zero-order valence-corrected chi connectivity index (χ0v) is 13.6. The second kappa shape index (κ2) is 7.66. The molecule has 21 heavy (non-hydrogen) atoms. The molecule has 1 aromatic heterocycles. The average molecular weight is 330 g/mol. The summed E-state index contributed by atoms with van der Waals surface area (Å²) in [5.41, 5.74) is 0. The summed E-state index contributed by atoms with van der Waals surface area (Å²) >= 11 is 7.34. The number of likely N-dealkylation sites (tertiary alicyclic amines) is 1. The van der Waals surface area contributed by atoms with E-state index in [1.54, 1.807) is 0 Å². The Balaban J connectivity index is 1.62. The van der Waals surface area contributed by atoms with E-state index in [-0.39, 0.29) is 18.0 Å². The summed E-state index contributed by atoms with van der Waals surface area (Å²) in [6.07, 6.45) is 2.39. The van der Waals surface area contributed by atoms with Crippen LogP contribution >= 0.6 is 22.9 Å².